The number of fused-ring (bicyclic) bond motifs is 1. The SMILES string of the molecule is O=C(NCCCN1CCOCC1)c1ccc(CSc2nc3ccccc3s2)cc1. The van der Waals surface area contributed by atoms with Crippen molar-refractivity contribution in [1.29, 1.82) is 0 Å². The molecule has 0 aliphatic carbocycles. The average Bonchev–Trinajstić information content (AvgIpc) is 3.19. The largest absolute Gasteiger partial charge is 0.379 e. The van der Waals surface area contributed by atoms with Crippen LogP contribution in [0.15, 0.2) is 52.9 Å². The quantitative estimate of drug-likeness (QED) is 0.434. The maximum absolute atomic E-state index is 12.3. The van der Waals surface area contributed by atoms with Crippen molar-refractivity contribution in [2.24, 2.45) is 0 Å². The molecule has 0 saturated carbocycles. The molecule has 1 fully saturated rings. The van der Waals surface area contributed by atoms with Crippen molar-refractivity contribution in [2.75, 3.05) is 39.4 Å². The standard InChI is InChI=1S/C22H25N3O2S2/c26-21(23-10-3-11-25-12-14-27-15-13-25)18-8-6-17(7-9-18)16-28-22-24-19-4-1-2-5-20(19)29-22/h1-2,4-9H,3,10-16H2,(H,23,26). The van der Waals surface area contributed by atoms with Gasteiger partial charge in [0.25, 0.3) is 5.91 Å². The monoisotopic (exact) mass is 427 g/mol. The molecule has 1 aromatic heterocycles. The van der Waals surface area contributed by atoms with Gasteiger partial charge in [0.2, 0.25) is 0 Å². The third-order valence-corrected chi connectivity index (χ3v) is 7.14. The van der Waals surface area contributed by atoms with E-state index in [0.717, 1.165) is 54.9 Å². The number of thioether (sulfide) groups is 1. The van der Waals surface area contributed by atoms with E-state index >= 15 is 0 Å². The maximum atomic E-state index is 12.3. The Morgan fingerprint density at radius 1 is 1.14 bits per heavy atom. The van der Waals surface area contributed by atoms with Crippen LogP contribution in [0, 0.1) is 0 Å². The van der Waals surface area contributed by atoms with Crippen molar-refractivity contribution in [2.45, 2.75) is 16.5 Å². The van der Waals surface area contributed by atoms with Crippen LogP contribution in [0.25, 0.3) is 10.2 Å². The van der Waals surface area contributed by atoms with Crippen LogP contribution in [0.3, 0.4) is 0 Å². The lowest BCUT2D eigenvalue weighted by Gasteiger charge is -2.26. The zero-order valence-electron chi connectivity index (χ0n) is 16.3. The number of hydrogen-bond acceptors (Lipinski definition) is 6. The van der Waals surface area contributed by atoms with E-state index in [1.807, 2.05) is 42.5 Å². The van der Waals surface area contributed by atoms with Crippen molar-refractivity contribution in [3.63, 3.8) is 0 Å². The average molecular weight is 428 g/mol. The van der Waals surface area contributed by atoms with Crippen LogP contribution in [0.1, 0.15) is 22.3 Å². The fraction of sp³-hybridized carbons (Fsp3) is 0.364. The number of carbonyl (C=O) groups excluding carboxylic acids is 1. The molecule has 5 nitrogen and oxygen atoms in total. The normalized spacial score (nSPS) is 14.9. The third-order valence-electron chi connectivity index (χ3n) is 4.89. The van der Waals surface area contributed by atoms with Gasteiger partial charge in [0.05, 0.1) is 23.4 Å². The second-order valence-corrected chi connectivity index (χ2v) is 9.25. The van der Waals surface area contributed by atoms with Gasteiger partial charge in [-0.15, -0.1) is 11.3 Å². The number of nitrogens with one attached hydrogen (secondary N) is 1. The highest BCUT2D eigenvalue weighted by atomic mass is 32.2. The molecule has 7 heteroatoms. The molecule has 1 aliphatic heterocycles. The zero-order chi connectivity index (χ0) is 19.9. The first-order valence-corrected chi connectivity index (χ1v) is 11.7. The summed E-state index contributed by atoms with van der Waals surface area (Å²) in [6, 6.07) is 16.1. The Hall–Kier alpha value is -1.93. The first kappa shape index (κ1) is 20.3. The summed E-state index contributed by atoms with van der Waals surface area (Å²) in [5, 5.41) is 3.02. The molecule has 2 heterocycles. The van der Waals surface area contributed by atoms with Crippen molar-refractivity contribution in [1.82, 2.24) is 15.2 Å². The second kappa shape index (κ2) is 10.2. The highest BCUT2D eigenvalue weighted by Crippen LogP contribution is 2.31. The minimum atomic E-state index is -0.00245. The Kier molecular flexibility index (Phi) is 7.16. The molecule has 1 saturated heterocycles. The Labute approximate surface area is 179 Å². The van der Waals surface area contributed by atoms with E-state index < -0.39 is 0 Å². The predicted molar refractivity (Wildman–Crippen MR) is 120 cm³/mol. The van der Waals surface area contributed by atoms with E-state index in [2.05, 4.69) is 21.3 Å². The number of morpholine rings is 1. The van der Waals surface area contributed by atoms with Crippen molar-refractivity contribution in [3.05, 3.63) is 59.7 Å². The first-order chi connectivity index (χ1) is 14.3. The Balaban J connectivity index is 1.21. The number of benzene rings is 2. The summed E-state index contributed by atoms with van der Waals surface area (Å²) in [7, 11) is 0. The molecular formula is C22H25N3O2S2. The lowest BCUT2D eigenvalue weighted by atomic mass is 10.1. The molecule has 152 valence electrons. The van der Waals surface area contributed by atoms with Gasteiger partial charge in [-0.1, -0.05) is 36.0 Å². The number of aromatic nitrogens is 1. The van der Waals surface area contributed by atoms with Crippen LogP contribution in [0.4, 0.5) is 0 Å². The topological polar surface area (TPSA) is 54.5 Å². The van der Waals surface area contributed by atoms with Crippen LogP contribution < -0.4 is 5.32 Å². The van der Waals surface area contributed by atoms with Gasteiger partial charge in [0, 0.05) is 31.0 Å². The minimum absolute atomic E-state index is 0.00245. The molecule has 1 N–H and O–H groups in total. The molecule has 0 unspecified atom stereocenters. The molecule has 1 aliphatic rings. The zero-order valence-corrected chi connectivity index (χ0v) is 17.9. The maximum Gasteiger partial charge on any atom is 0.251 e. The number of carbonyl (C=O) groups is 1. The number of thiazole rings is 1. The van der Waals surface area contributed by atoms with Gasteiger partial charge in [-0.3, -0.25) is 9.69 Å². The third kappa shape index (κ3) is 5.79. The Morgan fingerprint density at radius 2 is 1.93 bits per heavy atom. The number of hydrogen-bond donors (Lipinski definition) is 1. The van der Waals surface area contributed by atoms with E-state index in [4.69, 9.17) is 4.74 Å². The summed E-state index contributed by atoms with van der Waals surface area (Å²) in [5.41, 5.74) is 2.96. The lowest BCUT2D eigenvalue weighted by Crippen LogP contribution is -2.38. The Bertz CT molecular complexity index is 904. The molecule has 1 amide bonds. The van der Waals surface area contributed by atoms with Gasteiger partial charge in [0.1, 0.15) is 0 Å². The van der Waals surface area contributed by atoms with Gasteiger partial charge in [-0.2, -0.15) is 0 Å². The summed E-state index contributed by atoms with van der Waals surface area (Å²) < 4.78 is 7.65. The number of para-hydroxylation sites is 1. The molecule has 4 rings (SSSR count). The van der Waals surface area contributed by atoms with Crippen LogP contribution in [0.2, 0.25) is 0 Å². The van der Waals surface area contributed by atoms with E-state index in [0.29, 0.717) is 12.1 Å². The number of ether oxygens (including phenoxy) is 1. The molecule has 0 radical (unpaired) electrons. The predicted octanol–water partition coefficient (Wildman–Crippen LogP) is 4.04. The summed E-state index contributed by atoms with van der Waals surface area (Å²) in [6.07, 6.45) is 0.961. The fourth-order valence-electron chi connectivity index (χ4n) is 3.24. The van der Waals surface area contributed by atoms with Crippen LogP contribution in [0.5, 0.6) is 0 Å². The fourth-order valence-corrected chi connectivity index (χ4v) is 5.27. The summed E-state index contributed by atoms with van der Waals surface area (Å²) in [6.45, 7) is 5.32. The van der Waals surface area contributed by atoms with Crippen LogP contribution >= 0.6 is 23.1 Å². The summed E-state index contributed by atoms with van der Waals surface area (Å²) in [4.78, 5) is 19.4. The molecule has 3 aromatic rings. The second-order valence-electron chi connectivity index (χ2n) is 7.00. The molecule has 0 bridgehead atoms. The van der Waals surface area contributed by atoms with Crippen LogP contribution in [-0.2, 0) is 10.5 Å². The van der Waals surface area contributed by atoms with Crippen molar-refractivity contribution < 1.29 is 9.53 Å². The van der Waals surface area contributed by atoms with Gasteiger partial charge in [-0.05, 0) is 42.8 Å². The Morgan fingerprint density at radius 3 is 2.72 bits per heavy atom. The smallest absolute Gasteiger partial charge is 0.251 e. The van der Waals surface area contributed by atoms with Gasteiger partial charge in [0.15, 0.2) is 4.34 Å². The number of nitrogens with zero attached hydrogens (tertiary/aromatic N) is 2. The van der Waals surface area contributed by atoms with Crippen molar-refractivity contribution >= 4 is 39.2 Å². The van der Waals surface area contributed by atoms with Gasteiger partial charge < -0.3 is 10.1 Å². The van der Waals surface area contributed by atoms with Gasteiger partial charge in [-0.25, -0.2) is 4.98 Å². The molecule has 0 atom stereocenters. The van der Waals surface area contributed by atoms with Gasteiger partial charge >= 0.3 is 0 Å². The minimum Gasteiger partial charge on any atom is -0.379 e. The molecular weight excluding hydrogens is 402 g/mol. The van der Waals surface area contributed by atoms with E-state index in [1.54, 1.807) is 23.1 Å². The number of rotatable bonds is 8. The van der Waals surface area contributed by atoms with Crippen molar-refractivity contribution in [3.8, 4) is 0 Å². The molecule has 0 spiro atoms. The summed E-state index contributed by atoms with van der Waals surface area (Å²) >= 11 is 3.46. The van der Waals surface area contributed by atoms with E-state index in [-0.39, 0.29) is 5.91 Å². The van der Waals surface area contributed by atoms with E-state index in [1.165, 1.54) is 10.3 Å². The molecule has 2 aromatic carbocycles. The van der Waals surface area contributed by atoms with Crippen LogP contribution in [-0.4, -0.2) is 55.2 Å². The number of amides is 1. The highest BCUT2D eigenvalue weighted by molar-refractivity contribution is 8.00. The van der Waals surface area contributed by atoms with E-state index in [9.17, 15) is 4.79 Å². The first-order valence-electron chi connectivity index (χ1n) is 9.93. The summed E-state index contributed by atoms with van der Waals surface area (Å²) in [5.74, 6) is 0.846. The highest BCUT2D eigenvalue weighted by Gasteiger charge is 2.10. The lowest BCUT2D eigenvalue weighted by molar-refractivity contribution is 0.0374. The molecule has 29 heavy (non-hydrogen) atoms.